The molecule has 1 amide bonds. The lowest BCUT2D eigenvalue weighted by Gasteiger charge is -2.37. The minimum atomic E-state index is -0.530. The first kappa shape index (κ1) is 18.7. The van der Waals surface area contributed by atoms with Crippen LogP contribution in [0.1, 0.15) is 25.0 Å². The number of carbonyl (C=O) groups is 1. The van der Waals surface area contributed by atoms with Gasteiger partial charge in [0.05, 0.1) is 17.9 Å². The molecule has 2 aliphatic heterocycles. The second-order valence-corrected chi connectivity index (χ2v) is 7.58. The minimum Gasteiger partial charge on any atom is -0.480 e. The highest BCUT2D eigenvalue weighted by atomic mass is 19.1. The van der Waals surface area contributed by atoms with Crippen LogP contribution in [0.15, 0.2) is 42.5 Å². The first-order chi connectivity index (χ1) is 13.5. The van der Waals surface area contributed by atoms with Crippen LogP contribution in [0, 0.1) is 5.82 Å². The monoisotopic (exact) mass is 384 g/mol. The van der Waals surface area contributed by atoms with Crippen molar-refractivity contribution in [1.82, 2.24) is 5.32 Å². The van der Waals surface area contributed by atoms with Crippen LogP contribution in [-0.4, -0.2) is 37.3 Å². The summed E-state index contributed by atoms with van der Waals surface area (Å²) in [4.78, 5) is 14.4. The molecule has 1 N–H and O–H groups in total. The van der Waals surface area contributed by atoms with Crippen LogP contribution in [0.3, 0.4) is 0 Å². The van der Waals surface area contributed by atoms with Crippen molar-refractivity contribution in [1.29, 1.82) is 0 Å². The van der Waals surface area contributed by atoms with Crippen LogP contribution < -0.4 is 15.0 Å². The Morgan fingerprint density at radius 3 is 2.64 bits per heavy atom. The fraction of sp³-hybridized carbons (Fsp3) is 0.409. The van der Waals surface area contributed by atoms with Gasteiger partial charge in [-0.05, 0) is 43.2 Å². The average molecular weight is 384 g/mol. The SMILES string of the molecule is CC1CN(c2ccc(CNC(=O)C3Cc4ccccc4O3)cc2F)CC(C)O1. The molecular formula is C22H25FN2O3. The number of ether oxygens (including phenoxy) is 2. The van der Waals surface area contributed by atoms with E-state index < -0.39 is 6.10 Å². The molecule has 0 spiro atoms. The van der Waals surface area contributed by atoms with Crippen molar-refractivity contribution in [3.63, 3.8) is 0 Å². The lowest BCUT2D eigenvalue weighted by atomic mass is 10.1. The quantitative estimate of drug-likeness (QED) is 0.880. The number of amides is 1. The number of benzene rings is 2. The fourth-order valence-electron chi connectivity index (χ4n) is 3.92. The number of morpholine rings is 1. The molecule has 2 aliphatic rings. The summed E-state index contributed by atoms with van der Waals surface area (Å²) in [5, 5.41) is 2.85. The predicted molar refractivity (Wildman–Crippen MR) is 105 cm³/mol. The zero-order valence-electron chi connectivity index (χ0n) is 16.2. The molecule has 0 bridgehead atoms. The molecule has 4 rings (SSSR count). The van der Waals surface area contributed by atoms with Crippen LogP contribution in [0.4, 0.5) is 10.1 Å². The van der Waals surface area contributed by atoms with Crippen molar-refractivity contribution in [3.05, 3.63) is 59.4 Å². The Hall–Kier alpha value is -2.60. The van der Waals surface area contributed by atoms with E-state index in [1.54, 1.807) is 6.07 Å². The van der Waals surface area contributed by atoms with Gasteiger partial charge in [-0.25, -0.2) is 4.39 Å². The number of rotatable bonds is 4. The van der Waals surface area contributed by atoms with Gasteiger partial charge in [0.25, 0.3) is 5.91 Å². The molecule has 1 saturated heterocycles. The number of halogens is 1. The van der Waals surface area contributed by atoms with Gasteiger partial charge in [0.1, 0.15) is 11.6 Å². The third-order valence-electron chi connectivity index (χ3n) is 5.18. The summed E-state index contributed by atoms with van der Waals surface area (Å²) in [7, 11) is 0. The van der Waals surface area contributed by atoms with Crippen LogP contribution >= 0.6 is 0 Å². The van der Waals surface area contributed by atoms with Crippen molar-refractivity contribution in [3.8, 4) is 5.75 Å². The zero-order chi connectivity index (χ0) is 19.7. The Kier molecular flexibility index (Phi) is 5.22. The summed E-state index contributed by atoms with van der Waals surface area (Å²) < 4.78 is 26.1. The molecule has 0 aliphatic carbocycles. The number of nitrogens with one attached hydrogen (secondary N) is 1. The molecule has 0 saturated carbocycles. The lowest BCUT2D eigenvalue weighted by molar-refractivity contribution is -0.127. The molecule has 5 nitrogen and oxygen atoms in total. The van der Waals surface area contributed by atoms with Crippen LogP contribution in [0.5, 0.6) is 5.75 Å². The van der Waals surface area contributed by atoms with E-state index in [-0.39, 0.29) is 30.5 Å². The zero-order valence-corrected chi connectivity index (χ0v) is 16.2. The van der Waals surface area contributed by atoms with E-state index in [0.717, 1.165) is 16.9 Å². The van der Waals surface area contributed by atoms with Crippen LogP contribution in [-0.2, 0) is 22.5 Å². The molecule has 3 atom stereocenters. The number of hydrogen-bond acceptors (Lipinski definition) is 4. The van der Waals surface area contributed by atoms with Crippen molar-refractivity contribution >= 4 is 11.6 Å². The lowest BCUT2D eigenvalue weighted by Crippen LogP contribution is -2.45. The van der Waals surface area contributed by atoms with Gasteiger partial charge in [0, 0.05) is 26.1 Å². The van der Waals surface area contributed by atoms with E-state index in [4.69, 9.17) is 9.47 Å². The number of fused-ring (bicyclic) bond motifs is 1. The molecule has 2 aromatic carbocycles. The highest BCUT2D eigenvalue weighted by Gasteiger charge is 2.28. The summed E-state index contributed by atoms with van der Waals surface area (Å²) >= 11 is 0. The normalized spacial score (nSPS) is 23.8. The minimum absolute atomic E-state index is 0.0673. The van der Waals surface area contributed by atoms with E-state index in [2.05, 4.69) is 5.32 Å². The number of carbonyl (C=O) groups excluding carboxylic acids is 1. The molecule has 2 heterocycles. The largest absolute Gasteiger partial charge is 0.480 e. The molecule has 3 unspecified atom stereocenters. The first-order valence-corrected chi connectivity index (χ1v) is 9.70. The molecule has 148 valence electrons. The smallest absolute Gasteiger partial charge is 0.261 e. The summed E-state index contributed by atoms with van der Waals surface area (Å²) in [6.45, 7) is 5.58. The average Bonchev–Trinajstić information content (AvgIpc) is 3.09. The number of anilines is 1. The molecule has 6 heteroatoms. The molecular weight excluding hydrogens is 359 g/mol. The second kappa shape index (κ2) is 7.80. The third kappa shape index (κ3) is 3.97. The topological polar surface area (TPSA) is 50.8 Å². The molecule has 28 heavy (non-hydrogen) atoms. The standard InChI is InChI=1S/C22H25FN2O3/c1-14-12-25(13-15(2)27-14)19-8-7-16(9-18(19)23)11-24-22(26)21-10-17-5-3-4-6-20(17)28-21/h3-9,14-15,21H,10-13H2,1-2H3,(H,24,26). The highest BCUT2D eigenvalue weighted by molar-refractivity contribution is 5.82. The van der Waals surface area contributed by atoms with Gasteiger partial charge in [-0.15, -0.1) is 0 Å². The number of nitrogens with zero attached hydrogens (tertiary/aromatic N) is 1. The number of para-hydroxylation sites is 1. The Morgan fingerprint density at radius 2 is 1.93 bits per heavy atom. The Bertz CT molecular complexity index is 838. The Balaban J connectivity index is 1.36. The maximum atomic E-state index is 14.7. The first-order valence-electron chi connectivity index (χ1n) is 9.70. The van der Waals surface area contributed by atoms with Crippen LogP contribution in [0.2, 0.25) is 0 Å². The van der Waals surface area contributed by atoms with Gasteiger partial charge in [-0.1, -0.05) is 24.3 Å². The molecule has 0 aromatic heterocycles. The van der Waals surface area contributed by atoms with Crippen molar-refractivity contribution in [2.45, 2.75) is 45.1 Å². The third-order valence-corrected chi connectivity index (χ3v) is 5.18. The second-order valence-electron chi connectivity index (χ2n) is 7.58. The van der Waals surface area contributed by atoms with E-state index >= 15 is 0 Å². The Labute approximate surface area is 164 Å². The van der Waals surface area contributed by atoms with E-state index in [1.165, 1.54) is 6.07 Å². The summed E-state index contributed by atoms with van der Waals surface area (Å²) in [6.07, 6.45) is 0.163. The van der Waals surface area contributed by atoms with E-state index in [0.29, 0.717) is 25.2 Å². The van der Waals surface area contributed by atoms with Gasteiger partial charge in [-0.2, -0.15) is 0 Å². The maximum Gasteiger partial charge on any atom is 0.261 e. The highest BCUT2D eigenvalue weighted by Crippen LogP contribution is 2.28. The fourth-order valence-corrected chi connectivity index (χ4v) is 3.92. The molecule has 2 aromatic rings. The van der Waals surface area contributed by atoms with Gasteiger partial charge < -0.3 is 19.7 Å². The van der Waals surface area contributed by atoms with Gasteiger partial charge >= 0.3 is 0 Å². The van der Waals surface area contributed by atoms with Crippen molar-refractivity contribution < 1.29 is 18.7 Å². The van der Waals surface area contributed by atoms with E-state index in [9.17, 15) is 9.18 Å². The van der Waals surface area contributed by atoms with E-state index in [1.807, 2.05) is 49.1 Å². The van der Waals surface area contributed by atoms with Crippen molar-refractivity contribution in [2.24, 2.45) is 0 Å². The summed E-state index contributed by atoms with van der Waals surface area (Å²) in [5.41, 5.74) is 2.33. The predicted octanol–water partition coefficient (Wildman–Crippen LogP) is 3.06. The van der Waals surface area contributed by atoms with Crippen molar-refractivity contribution in [2.75, 3.05) is 18.0 Å². The maximum absolute atomic E-state index is 14.7. The Morgan fingerprint density at radius 1 is 1.18 bits per heavy atom. The molecule has 1 fully saturated rings. The summed E-state index contributed by atoms with van der Waals surface area (Å²) in [5.74, 6) is 0.293. The van der Waals surface area contributed by atoms with Gasteiger partial charge in [0.2, 0.25) is 0 Å². The van der Waals surface area contributed by atoms with Gasteiger partial charge in [0.15, 0.2) is 6.10 Å². The number of hydrogen-bond donors (Lipinski definition) is 1. The summed E-state index contributed by atoms with van der Waals surface area (Å²) in [6, 6.07) is 12.8. The van der Waals surface area contributed by atoms with Gasteiger partial charge in [-0.3, -0.25) is 4.79 Å². The van der Waals surface area contributed by atoms with Crippen LogP contribution in [0.25, 0.3) is 0 Å². The molecule has 0 radical (unpaired) electrons.